The van der Waals surface area contributed by atoms with E-state index in [1.54, 1.807) is 18.2 Å². The Balaban J connectivity index is 1.41. The number of aromatic nitrogens is 2. The number of hydrogen-bond donors (Lipinski definition) is 1. The van der Waals surface area contributed by atoms with Gasteiger partial charge in [-0.05, 0) is 54.6 Å². The summed E-state index contributed by atoms with van der Waals surface area (Å²) < 4.78 is 11.5. The molecule has 1 N–H and O–H groups in total. The second kappa shape index (κ2) is 8.11. The Morgan fingerprint density at radius 2 is 1.64 bits per heavy atom. The Labute approximate surface area is 162 Å². The maximum atomic E-state index is 8.97. The first-order chi connectivity index (χ1) is 13.8. The van der Waals surface area contributed by atoms with Gasteiger partial charge in [0.15, 0.2) is 0 Å². The minimum Gasteiger partial charge on any atom is -0.486 e. The summed E-state index contributed by atoms with van der Waals surface area (Å²) in [6, 6.07) is 26.5. The second-order valence-corrected chi connectivity index (χ2v) is 6.10. The van der Waals surface area contributed by atoms with Crippen molar-refractivity contribution in [2.45, 2.75) is 6.61 Å². The maximum Gasteiger partial charge on any atom is 0.146 e. The van der Waals surface area contributed by atoms with Gasteiger partial charge in [-0.3, -0.25) is 0 Å². The number of H-pyrrole nitrogens is 1. The van der Waals surface area contributed by atoms with Crippen molar-refractivity contribution >= 4 is 0 Å². The lowest BCUT2D eigenvalue weighted by Crippen LogP contribution is -1.97. The minimum absolute atomic E-state index is 0.375. The van der Waals surface area contributed by atoms with Crippen molar-refractivity contribution < 1.29 is 9.47 Å². The summed E-state index contributed by atoms with van der Waals surface area (Å²) in [6.07, 6.45) is 1.86. The first-order valence-electron chi connectivity index (χ1n) is 8.81. The molecule has 0 aliphatic heterocycles. The van der Waals surface area contributed by atoms with Crippen LogP contribution in [0.25, 0.3) is 11.3 Å². The maximum absolute atomic E-state index is 8.97. The van der Waals surface area contributed by atoms with E-state index >= 15 is 0 Å². The summed E-state index contributed by atoms with van der Waals surface area (Å²) in [5.74, 6) is 2.89. The predicted molar refractivity (Wildman–Crippen MR) is 106 cm³/mol. The molecule has 4 rings (SSSR count). The van der Waals surface area contributed by atoms with E-state index in [4.69, 9.17) is 14.7 Å². The van der Waals surface area contributed by atoms with Crippen LogP contribution in [-0.2, 0) is 6.61 Å². The lowest BCUT2D eigenvalue weighted by Gasteiger charge is -2.06. The highest BCUT2D eigenvalue weighted by atomic mass is 16.5. The van der Waals surface area contributed by atoms with Crippen LogP contribution in [0.15, 0.2) is 85.1 Å². The van der Waals surface area contributed by atoms with Gasteiger partial charge < -0.3 is 14.5 Å². The number of para-hydroxylation sites is 1. The van der Waals surface area contributed by atoms with Crippen molar-refractivity contribution in [1.82, 2.24) is 9.97 Å². The minimum atomic E-state index is 0.375. The fraction of sp³-hybridized carbons (Fsp3) is 0.0435. The van der Waals surface area contributed by atoms with Gasteiger partial charge in [0.25, 0.3) is 0 Å². The van der Waals surface area contributed by atoms with E-state index in [-0.39, 0.29) is 0 Å². The van der Waals surface area contributed by atoms with Gasteiger partial charge in [0.2, 0.25) is 0 Å². The van der Waals surface area contributed by atoms with Crippen LogP contribution in [0.4, 0.5) is 0 Å². The largest absolute Gasteiger partial charge is 0.486 e. The Bertz CT molecular complexity index is 1100. The van der Waals surface area contributed by atoms with E-state index < -0.39 is 0 Å². The number of nitrogens with one attached hydrogen (secondary N) is 1. The lowest BCUT2D eigenvalue weighted by atomic mass is 10.1. The van der Waals surface area contributed by atoms with Crippen molar-refractivity contribution in [3.8, 4) is 34.6 Å². The number of benzene rings is 3. The molecule has 5 nitrogen and oxygen atoms in total. The molecular formula is C23H17N3O2. The predicted octanol–water partition coefficient (Wildman–Crippen LogP) is 5.32. The van der Waals surface area contributed by atoms with Gasteiger partial charge in [0.1, 0.15) is 29.7 Å². The average Bonchev–Trinajstić information content (AvgIpc) is 3.23. The first kappa shape index (κ1) is 17.4. The molecule has 0 saturated heterocycles. The number of hydrogen-bond acceptors (Lipinski definition) is 4. The van der Waals surface area contributed by atoms with Gasteiger partial charge in [0, 0.05) is 11.8 Å². The van der Waals surface area contributed by atoms with Gasteiger partial charge in [-0.1, -0.05) is 24.3 Å². The number of ether oxygens (including phenoxy) is 2. The zero-order chi connectivity index (χ0) is 19.2. The normalized spacial score (nSPS) is 10.2. The van der Waals surface area contributed by atoms with Crippen molar-refractivity contribution in [3.05, 3.63) is 96.4 Å². The molecule has 0 aliphatic rings. The summed E-state index contributed by atoms with van der Waals surface area (Å²) in [7, 11) is 0. The smallest absolute Gasteiger partial charge is 0.146 e. The highest BCUT2D eigenvalue weighted by Crippen LogP contribution is 2.25. The van der Waals surface area contributed by atoms with Crippen LogP contribution >= 0.6 is 0 Å². The molecule has 0 atom stereocenters. The molecule has 1 aromatic heterocycles. The SMILES string of the molecule is N#Cc1cccc(Oc2ccc(-c3c[nH]c(COc4ccccc4)n3)cc2)c1. The van der Waals surface area contributed by atoms with Crippen molar-refractivity contribution in [2.24, 2.45) is 0 Å². The summed E-state index contributed by atoms with van der Waals surface area (Å²) in [5, 5.41) is 8.97. The van der Waals surface area contributed by atoms with Gasteiger partial charge in [-0.2, -0.15) is 5.26 Å². The van der Waals surface area contributed by atoms with E-state index in [1.807, 2.05) is 66.9 Å². The van der Waals surface area contributed by atoms with Crippen LogP contribution in [0.3, 0.4) is 0 Å². The van der Waals surface area contributed by atoms with Crippen molar-refractivity contribution in [1.29, 1.82) is 5.26 Å². The van der Waals surface area contributed by atoms with Crippen LogP contribution in [0.1, 0.15) is 11.4 Å². The highest BCUT2D eigenvalue weighted by molar-refractivity contribution is 5.59. The van der Waals surface area contributed by atoms with E-state index in [0.717, 1.165) is 22.8 Å². The van der Waals surface area contributed by atoms with Crippen LogP contribution in [0.5, 0.6) is 17.2 Å². The Hall–Kier alpha value is -4.04. The van der Waals surface area contributed by atoms with Gasteiger partial charge in [0.05, 0.1) is 17.3 Å². The Morgan fingerprint density at radius 1 is 0.857 bits per heavy atom. The molecule has 0 saturated carbocycles. The zero-order valence-corrected chi connectivity index (χ0v) is 15.0. The molecule has 0 unspecified atom stereocenters. The molecule has 0 bridgehead atoms. The third-order valence-corrected chi connectivity index (χ3v) is 4.10. The molecule has 28 heavy (non-hydrogen) atoms. The monoisotopic (exact) mass is 367 g/mol. The Morgan fingerprint density at radius 3 is 2.43 bits per heavy atom. The third-order valence-electron chi connectivity index (χ3n) is 4.10. The molecule has 4 aromatic rings. The number of rotatable bonds is 6. The van der Waals surface area contributed by atoms with E-state index in [0.29, 0.717) is 23.7 Å². The van der Waals surface area contributed by atoms with Gasteiger partial charge in [-0.25, -0.2) is 4.98 Å². The molecule has 0 fully saturated rings. The van der Waals surface area contributed by atoms with E-state index in [9.17, 15) is 0 Å². The van der Waals surface area contributed by atoms with Crippen molar-refractivity contribution in [3.63, 3.8) is 0 Å². The molecule has 0 aliphatic carbocycles. The van der Waals surface area contributed by atoms with Gasteiger partial charge in [-0.15, -0.1) is 0 Å². The first-order valence-corrected chi connectivity index (χ1v) is 8.81. The molecule has 0 spiro atoms. The van der Waals surface area contributed by atoms with Gasteiger partial charge >= 0.3 is 0 Å². The Kier molecular flexibility index (Phi) is 5.03. The molecule has 0 radical (unpaired) electrons. The molecule has 1 heterocycles. The molecular weight excluding hydrogens is 350 g/mol. The third kappa shape index (κ3) is 4.19. The number of aromatic amines is 1. The fourth-order valence-corrected chi connectivity index (χ4v) is 2.71. The molecule has 3 aromatic carbocycles. The topological polar surface area (TPSA) is 70.9 Å². The van der Waals surface area contributed by atoms with Crippen LogP contribution < -0.4 is 9.47 Å². The molecule has 5 heteroatoms. The van der Waals surface area contributed by atoms with E-state index in [1.165, 1.54) is 0 Å². The highest BCUT2D eigenvalue weighted by Gasteiger charge is 2.06. The second-order valence-electron chi connectivity index (χ2n) is 6.10. The lowest BCUT2D eigenvalue weighted by molar-refractivity contribution is 0.297. The fourth-order valence-electron chi connectivity index (χ4n) is 2.71. The summed E-state index contributed by atoms with van der Waals surface area (Å²) >= 11 is 0. The van der Waals surface area contributed by atoms with Crippen LogP contribution in [-0.4, -0.2) is 9.97 Å². The summed E-state index contributed by atoms with van der Waals surface area (Å²) in [4.78, 5) is 7.72. The number of nitrogens with zero attached hydrogens (tertiary/aromatic N) is 2. The van der Waals surface area contributed by atoms with E-state index in [2.05, 4.69) is 16.0 Å². The number of imidazole rings is 1. The molecule has 136 valence electrons. The number of nitriles is 1. The average molecular weight is 367 g/mol. The summed E-state index contributed by atoms with van der Waals surface area (Å²) in [5.41, 5.74) is 2.38. The van der Waals surface area contributed by atoms with Crippen molar-refractivity contribution in [2.75, 3.05) is 0 Å². The van der Waals surface area contributed by atoms with Crippen LogP contribution in [0, 0.1) is 11.3 Å². The summed E-state index contributed by atoms with van der Waals surface area (Å²) in [6.45, 7) is 0.375. The zero-order valence-electron chi connectivity index (χ0n) is 15.0. The standard InChI is InChI=1S/C23H17N3O2/c24-14-17-5-4-8-21(13-17)28-20-11-9-18(10-12-20)22-15-25-23(26-22)16-27-19-6-2-1-3-7-19/h1-13,15H,16H2,(H,25,26). The van der Waals surface area contributed by atoms with Crippen LogP contribution in [0.2, 0.25) is 0 Å². The molecule has 0 amide bonds. The quantitative estimate of drug-likeness (QED) is 0.501.